The van der Waals surface area contributed by atoms with Gasteiger partial charge in [0.25, 0.3) is 11.5 Å². The molecular weight excluding hydrogens is 383 g/mol. The van der Waals surface area contributed by atoms with Crippen LogP contribution in [0.2, 0.25) is 0 Å². The van der Waals surface area contributed by atoms with Gasteiger partial charge >= 0.3 is 0 Å². The number of nitrogens with two attached hydrogens (primary N) is 2. The summed E-state index contributed by atoms with van der Waals surface area (Å²) >= 11 is 1.05. The third kappa shape index (κ3) is 3.79. The summed E-state index contributed by atoms with van der Waals surface area (Å²) in [5.74, 6) is -1.15. The molecule has 0 aliphatic carbocycles. The molecule has 0 bridgehead atoms. The summed E-state index contributed by atoms with van der Waals surface area (Å²) in [5.41, 5.74) is 11.1. The van der Waals surface area contributed by atoms with Gasteiger partial charge in [0.05, 0.1) is 10.3 Å². The molecule has 0 atom stereocenters. The summed E-state index contributed by atoms with van der Waals surface area (Å²) in [6, 6.07) is 6.24. The molecular formula is C19H19FN4O3S. The maximum Gasteiger partial charge on any atom is 0.262 e. The highest BCUT2D eigenvalue weighted by atomic mass is 32.1. The Morgan fingerprint density at radius 1 is 1.25 bits per heavy atom. The first kappa shape index (κ1) is 19.7. The molecule has 146 valence electrons. The maximum atomic E-state index is 14.1. The van der Waals surface area contributed by atoms with E-state index in [0.717, 1.165) is 11.3 Å². The van der Waals surface area contributed by atoms with Crippen LogP contribution in [0.1, 0.15) is 39.5 Å². The minimum Gasteiger partial charge on any atom is -0.370 e. The van der Waals surface area contributed by atoms with Crippen molar-refractivity contribution in [1.29, 1.82) is 0 Å². The van der Waals surface area contributed by atoms with Crippen LogP contribution in [0.15, 0.2) is 29.1 Å². The molecule has 2 aromatic heterocycles. The fourth-order valence-electron chi connectivity index (χ4n) is 3.08. The Labute approximate surface area is 163 Å². The quantitative estimate of drug-likeness (QED) is 0.626. The van der Waals surface area contributed by atoms with Crippen LogP contribution in [0.4, 0.5) is 4.39 Å². The van der Waals surface area contributed by atoms with Crippen molar-refractivity contribution in [2.75, 3.05) is 0 Å². The van der Waals surface area contributed by atoms with Gasteiger partial charge < -0.3 is 11.5 Å². The van der Waals surface area contributed by atoms with E-state index in [1.165, 1.54) is 10.6 Å². The summed E-state index contributed by atoms with van der Waals surface area (Å²) in [7, 11) is 0. The highest BCUT2D eigenvalue weighted by Crippen LogP contribution is 2.27. The highest BCUT2D eigenvalue weighted by Gasteiger charge is 2.20. The molecule has 9 heteroatoms. The molecule has 7 nitrogen and oxygen atoms in total. The third-order valence-electron chi connectivity index (χ3n) is 4.46. The van der Waals surface area contributed by atoms with E-state index in [2.05, 4.69) is 4.98 Å². The average Bonchev–Trinajstić information content (AvgIpc) is 2.96. The lowest BCUT2D eigenvalue weighted by Crippen LogP contribution is -2.26. The molecule has 0 fully saturated rings. The van der Waals surface area contributed by atoms with Crippen molar-refractivity contribution in [2.24, 2.45) is 11.5 Å². The number of aromatic nitrogens is 2. The Bertz CT molecular complexity index is 1140. The van der Waals surface area contributed by atoms with Crippen LogP contribution in [0, 0.1) is 12.7 Å². The van der Waals surface area contributed by atoms with Crippen molar-refractivity contribution in [3.05, 3.63) is 62.3 Å². The molecule has 4 N–H and O–H groups in total. The van der Waals surface area contributed by atoms with Crippen molar-refractivity contribution in [2.45, 2.75) is 32.7 Å². The van der Waals surface area contributed by atoms with Crippen LogP contribution in [-0.4, -0.2) is 21.4 Å². The summed E-state index contributed by atoms with van der Waals surface area (Å²) in [6.45, 7) is 1.85. The largest absolute Gasteiger partial charge is 0.370 e. The molecule has 3 rings (SSSR count). The average molecular weight is 402 g/mol. The lowest BCUT2D eigenvalue weighted by atomic mass is 10.1. The van der Waals surface area contributed by atoms with Crippen molar-refractivity contribution < 1.29 is 14.0 Å². The van der Waals surface area contributed by atoms with Gasteiger partial charge in [0.15, 0.2) is 0 Å². The summed E-state index contributed by atoms with van der Waals surface area (Å²) in [4.78, 5) is 41.0. The predicted octanol–water partition coefficient (Wildman–Crippen LogP) is 1.86. The molecule has 0 aliphatic heterocycles. The van der Waals surface area contributed by atoms with Gasteiger partial charge in [-0.2, -0.15) is 0 Å². The van der Waals surface area contributed by atoms with E-state index in [4.69, 9.17) is 11.5 Å². The van der Waals surface area contributed by atoms with Gasteiger partial charge in [0.2, 0.25) is 5.91 Å². The van der Waals surface area contributed by atoms with Crippen LogP contribution in [0.5, 0.6) is 0 Å². The van der Waals surface area contributed by atoms with E-state index >= 15 is 0 Å². The van der Waals surface area contributed by atoms with E-state index < -0.39 is 17.6 Å². The van der Waals surface area contributed by atoms with Gasteiger partial charge in [-0.15, -0.1) is 11.3 Å². The first-order valence-corrected chi connectivity index (χ1v) is 9.45. The number of primary amides is 2. The van der Waals surface area contributed by atoms with E-state index in [0.29, 0.717) is 33.6 Å². The zero-order valence-corrected chi connectivity index (χ0v) is 16.0. The van der Waals surface area contributed by atoms with Crippen LogP contribution >= 0.6 is 11.3 Å². The summed E-state index contributed by atoms with van der Waals surface area (Å²) < 4.78 is 15.5. The third-order valence-corrected chi connectivity index (χ3v) is 5.66. The number of halogens is 1. The molecule has 0 saturated carbocycles. The number of thiophene rings is 1. The lowest BCUT2D eigenvalue weighted by Gasteiger charge is -2.13. The fourth-order valence-corrected chi connectivity index (χ4v) is 4.13. The Hall–Kier alpha value is -3.07. The monoisotopic (exact) mass is 402 g/mol. The molecule has 0 saturated heterocycles. The number of benzene rings is 1. The van der Waals surface area contributed by atoms with E-state index in [9.17, 15) is 18.8 Å². The topological polar surface area (TPSA) is 121 Å². The molecule has 0 unspecified atom stereocenters. The number of aryl methyl sites for hydroxylation is 1. The van der Waals surface area contributed by atoms with Gasteiger partial charge in [-0.3, -0.25) is 19.0 Å². The molecule has 0 aliphatic rings. The summed E-state index contributed by atoms with van der Waals surface area (Å²) in [5, 5.41) is 0.315. The second-order valence-electron chi connectivity index (χ2n) is 6.42. The molecule has 2 heterocycles. The standard InChI is InChI=1S/C19H19FN4O3S/c1-10-15-18(28-16(10)17(22)26)23-14(9-11-5-2-3-6-12(11)20)24(19(15)27)8-4-7-13(21)25/h2-3,5-6H,4,7-9H2,1H3,(H2,21,25)(H2,22,26). The van der Waals surface area contributed by atoms with Crippen molar-refractivity contribution >= 4 is 33.4 Å². The van der Waals surface area contributed by atoms with Crippen LogP contribution in [-0.2, 0) is 17.8 Å². The zero-order valence-electron chi connectivity index (χ0n) is 15.2. The van der Waals surface area contributed by atoms with E-state index in [1.54, 1.807) is 25.1 Å². The number of nitrogens with zero attached hydrogens (tertiary/aromatic N) is 2. The smallest absolute Gasteiger partial charge is 0.262 e. The normalized spacial score (nSPS) is 11.1. The molecule has 1 aromatic carbocycles. The molecule has 3 aromatic rings. The molecule has 2 amide bonds. The second-order valence-corrected chi connectivity index (χ2v) is 7.42. The number of carbonyl (C=O) groups excluding carboxylic acids is 2. The Morgan fingerprint density at radius 2 is 1.96 bits per heavy atom. The number of hydrogen-bond acceptors (Lipinski definition) is 5. The molecule has 0 spiro atoms. The van der Waals surface area contributed by atoms with Crippen LogP contribution in [0.25, 0.3) is 10.2 Å². The molecule has 0 radical (unpaired) electrons. The Kier molecular flexibility index (Phi) is 5.55. The maximum absolute atomic E-state index is 14.1. The Balaban J connectivity index is 2.16. The van der Waals surface area contributed by atoms with Gasteiger partial charge in [0.1, 0.15) is 16.5 Å². The summed E-state index contributed by atoms with van der Waals surface area (Å²) in [6.07, 6.45) is 0.550. The van der Waals surface area contributed by atoms with E-state index in [-0.39, 0.29) is 29.8 Å². The van der Waals surface area contributed by atoms with Gasteiger partial charge in [0, 0.05) is 19.4 Å². The second kappa shape index (κ2) is 7.89. The number of hydrogen-bond donors (Lipinski definition) is 2. The number of fused-ring (bicyclic) bond motifs is 1. The van der Waals surface area contributed by atoms with E-state index in [1.807, 2.05) is 0 Å². The fraction of sp³-hybridized carbons (Fsp3) is 0.263. The van der Waals surface area contributed by atoms with Gasteiger partial charge in [-0.25, -0.2) is 9.37 Å². The van der Waals surface area contributed by atoms with Gasteiger partial charge in [-0.05, 0) is 30.5 Å². The van der Waals surface area contributed by atoms with Crippen molar-refractivity contribution in [1.82, 2.24) is 9.55 Å². The van der Waals surface area contributed by atoms with Crippen molar-refractivity contribution in [3.8, 4) is 0 Å². The first-order chi connectivity index (χ1) is 13.3. The van der Waals surface area contributed by atoms with Gasteiger partial charge in [-0.1, -0.05) is 18.2 Å². The first-order valence-electron chi connectivity index (χ1n) is 8.64. The molecule has 28 heavy (non-hydrogen) atoms. The SMILES string of the molecule is Cc1c(C(N)=O)sc2nc(Cc3ccccc3F)n(CCCC(N)=O)c(=O)c12. The number of rotatable bonds is 7. The van der Waals surface area contributed by atoms with Crippen LogP contribution < -0.4 is 17.0 Å². The number of amides is 2. The lowest BCUT2D eigenvalue weighted by molar-refractivity contribution is -0.118. The highest BCUT2D eigenvalue weighted by molar-refractivity contribution is 7.20. The van der Waals surface area contributed by atoms with Crippen LogP contribution in [0.3, 0.4) is 0 Å². The van der Waals surface area contributed by atoms with Crippen molar-refractivity contribution in [3.63, 3.8) is 0 Å². The zero-order chi connectivity index (χ0) is 20.4. The minimum atomic E-state index is -0.629. The Morgan fingerprint density at radius 3 is 2.61 bits per heavy atom. The predicted molar refractivity (Wildman–Crippen MR) is 105 cm³/mol. The number of carbonyl (C=O) groups is 2. The minimum absolute atomic E-state index is 0.0945.